The Morgan fingerprint density at radius 3 is 2.19 bits per heavy atom. The van der Waals surface area contributed by atoms with Gasteiger partial charge in [0.1, 0.15) is 0 Å². The fraction of sp³-hybridized carbons (Fsp3) is 0.143. The Labute approximate surface area is 157 Å². The van der Waals surface area contributed by atoms with E-state index in [0.717, 1.165) is 10.8 Å². The van der Waals surface area contributed by atoms with Gasteiger partial charge in [-0.25, -0.2) is 5.43 Å². The maximum Gasteiger partial charge on any atom is 0.271 e. The van der Waals surface area contributed by atoms with Crippen molar-refractivity contribution in [2.24, 2.45) is 5.10 Å². The Morgan fingerprint density at radius 2 is 1.56 bits per heavy atom. The van der Waals surface area contributed by atoms with Crippen LogP contribution in [0.15, 0.2) is 59.7 Å². The summed E-state index contributed by atoms with van der Waals surface area (Å²) in [7, 11) is 4.62. The molecular formula is C21H20N2O4. The van der Waals surface area contributed by atoms with E-state index >= 15 is 0 Å². The van der Waals surface area contributed by atoms with Gasteiger partial charge in [-0.05, 0) is 35.0 Å². The first-order valence-corrected chi connectivity index (χ1v) is 8.28. The number of rotatable bonds is 6. The molecule has 0 saturated carbocycles. The molecule has 0 aliphatic carbocycles. The average Bonchev–Trinajstić information content (AvgIpc) is 2.72. The minimum Gasteiger partial charge on any atom is -0.493 e. The molecule has 1 N–H and O–H groups in total. The molecule has 6 nitrogen and oxygen atoms in total. The van der Waals surface area contributed by atoms with Crippen molar-refractivity contribution in [3.05, 3.63) is 65.7 Å². The number of carbonyl (C=O) groups is 1. The molecule has 3 aromatic rings. The maximum absolute atomic E-state index is 12.3. The van der Waals surface area contributed by atoms with E-state index in [0.29, 0.717) is 28.4 Å². The number of carbonyl (C=O) groups excluding carboxylic acids is 1. The zero-order chi connectivity index (χ0) is 19.2. The van der Waals surface area contributed by atoms with Crippen LogP contribution in [-0.2, 0) is 0 Å². The van der Waals surface area contributed by atoms with Gasteiger partial charge in [-0.15, -0.1) is 0 Å². The van der Waals surface area contributed by atoms with E-state index < -0.39 is 0 Å². The second-order valence-corrected chi connectivity index (χ2v) is 5.72. The molecule has 0 bridgehead atoms. The van der Waals surface area contributed by atoms with Crippen LogP contribution in [0.25, 0.3) is 10.8 Å². The number of hydrogen-bond acceptors (Lipinski definition) is 5. The summed E-state index contributed by atoms with van der Waals surface area (Å²) in [6.45, 7) is 0. The average molecular weight is 364 g/mol. The van der Waals surface area contributed by atoms with Gasteiger partial charge in [-0.1, -0.05) is 30.3 Å². The predicted molar refractivity (Wildman–Crippen MR) is 105 cm³/mol. The molecule has 138 valence electrons. The van der Waals surface area contributed by atoms with Crippen LogP contribution in [0, 0.1) is 0 Å². The smallest absolute Gasteiger partial charge is 0.271 e. The van der Waals surface area contributed by atoms with Gasteiger partial charge in [0.05, 0.1) is 27.5 Å². The number of nitrogens with one attached hydrogen (secondary N) is 1. The number of benzene rings is 3. The Balaban J connectivity index is 1.77. The van der Waals surface area contributed by atoms with E-state index in [1.165, 1.54) is 13.3 Å². The molecule has 0 unspecified atom stereocenters. The molecule has 0 saturated heterocycles. The van der Waals surface area contributed by atoms with E-state index in [9.17, 15) is 4.79 Å². The number of hydrazone groups is 1. The fourth-order valence-corrected chi connectivity index (χ4v) is 2.74. The largest absolute Gasteiger partial charge is 0.493 e. The number of amides is 1. The summed E-state index contributed by atoms with van der Waals surface area (Å²) in [5.41, 5.74) is 3.77. The third kappa shape index (κ3) is 4.00. The molecule has 0 aliphatic rings. The van der Waals surface area contributed by atoms with Crippen LogP contribution in [0.1, 0.15) is 15.9 Å². The molecule has 0 heterocycles. The highest BCUT2D eigenvalue weighted by Crippen LogP contribution is 2.37. The van der Waals surface area contributed by atoms with Gasteiger partial charge in [-0.3, -0.25) is 4.79 Å². The van der Waals surface area contributed by atoms with Crippen LogP contribution in [-0.4, -0.2) is 33.5 Å². The Morgan fingerprint density at radius 1 is 0.889 bits per heavy atom. The molecule has 3 rings (SSSR count). The van der Waals surface area contributed by atoms with E-state index in [2.05, 4.69) is 10.5 Å². The summed E-state index contributed by atoms with van der Waals surface area (Å²) in [6.07, 6.45) is 1.52. The summed E-state index contributed by atoms with van der Waals surface area (Å²) < 4.78 is 15.9. The minimum atomic E-state index is -0.288. The summed E-state index contributed by atoms with van der Waals surface area (Å²) in [4.78, 5) is 12.3. The Kier molecular flexibility index (Phi) is 5.56. The lowest BCUT2D eigenvalue weighted by Crippen LogP contribution is -2.17. The summed E-state index contributed by atoms with van der Waals surface area (Å²) >= 11 is 0. The summed E-state index contributed by atoms with van der Waals surface area (Å²) in [6, 6.07) is 16.9. The maximum atomic E-state index is 12.3. The fourth-order valence-electron chi connectivity index (χ4n) is 2.74. The van der Waals surface area contributed by atoms with E-state index in [4.69, 9.17) is 14.2 Å². The quantitative estimate of drug-likeness (QED) is 0.536. The van der Waals surface area contributed by atoms with E-state index in [1.54, 1.807) is 32.4 Å². The summed E-state index contributed by atoms with van der Waals surface area (Å²) in [5, 5.41) is 6.11. The van der Waals surface area contributed by atoms with Crippen molar-refractivity contribution >= 4 is 22.9 Å². The highest BCUT2D eigenvalue weighted by molar-refractivity contribution is 5.99. The molecule has 0 atom stereocenters. The molecule has 3 aromatic carbocycles. The lowest BCUT2D eigenvalue weighted by molar-refractivity contribution is 0.0955. The van der Waals surface area contributed by atoms with Crippen LogP contribution in [0.5, 0.6) is 17.2 Å². The first-order valence-electron chi connectivity index (χ1n) is 8.28. The Bertz CT molecular complexity index is 973. The minimum absolute atomic E-state index is 0.288. The molecule has 0 aromatic heterocycles. The third-order valence-electron chi connectivity index (χ3n) is 4.08. The summed E-state index contributed by atoms with van der Waals surface area (Å²) in [5.74, 6) is 1.24. The lowest BCUT2D eigenvalue weighted by Gasteiger charge is -2.12. The van der Waals surface area contributed by atoms with Crippen molar-refractivity contribution in [3.8, 4) is 17.2 Å². The number of ether oxygens (including phenoxy) is 3. The number of nitrogens with zero attached hydrogens (tertiary/aromatic N) is 1. The normalized spacial score (nSPS) is 10.8. The van der Waals surface area contributed by atoms with Crippen molar-refractivity contribution in [1.29, 1.82) is 0 Å². The van der Waals surface area contributed by atoms with Crippen molar-refractivity contribution < 1.29 is 19.0 Å². The van der Waals surface area contributed by atoms with Gasteiger partial charge in [-0.2, -0.15) is 5.10 Å². The first-order chi connectivity index (χ1) is 13.2. The second kappa shape index (κ2) is 8.23. The number of methoxy groups -OCH3 is 3. The monoisotopic (exact) mass is 364 g/mol. The molecule has 0 aliphatic heterocycles. The van der Waals surface area contributed by atoms with Crippen LogP contribution < -0.4 is 19.6 Å². The zero-order valence-corrected chi connectivity index (χ0v) is 15.4. The molecular weight excluding hydrogens is 344 g/mol. The number of fused-ring (bicyclic) bond motifs is 1. The topological polar surface area (TPSA) is 69.2 Å². The van der Waals surface area contributed by atoms with Crippen LogP contribution in [0.2, 0.25) is 0 Å². The van der Waals surface area contributed by atoms with Gasteiger partial charge >= 0.3 is 0 Å². The third-order valence-corrected chi connectivity index (χ3v) is 4.08. The van der Waals surface area contributed by atoms with Crippen molar-refractivity contribution in [2.45, 2.75) is 0 Å². The van der Waals surface area contributed by atoms with Gasteiger partial charge in [0.2, 0.25) is 5.75 Å². The highest BCUT2D eigenvalue weighted by atomic mass is 16.5. The second-order valence-electron chi connectivity index (χ2n) is 5.72. The molecule has 0 spiro atoms. The van der Waals surface area contributed by atoms with E-state index in [-0.39, 0.29) is 5.91 Å². The molecule has 27 heavy (non-hydrogen) atoms. The molecule has 0 radical (unpaired) electrons. The Hall–Kier alpha value is -3.54. The SMILES string of the molecule is COc1cc(C=NNC(=O)c2ccc3ccccc3c2)cc(OC)c1OC. The molecule has 0 fully saturated rings. The van der Waals surface area contributed by atoms with Crippen LogP contribution in [0.3, 0.4) is 0 Å². The lowest BCUT2D eigenvalue weighted by atomic mass is 10.1. The predicted octanol–water partition coefficient (Wildman–Crippen LogP) is 3.63. The zero-order valence-electron chi connectivity index (χ0n) is 15.4. The molecule has 6 heteroatoms. The van der Waals surface area contributed by atoms with Gasteiger partial charge in [0.15, 0.2) is 11.5 Å². The van der Waals surface area contributed by atoms with Crippen LogP contribution in [0.4, 0.5) is 0 Å². The van der Waals surface area contributed by atoms with Crippen molar-refractivity contribution in [2.75, 3.05) is 21.3 Å². The first kappa shape index (κ1) is 18.3. The molecule has 1 amide bonds. The standard InChI is InChI=1S/C21H20N2O4/c1-25-18-10-14(11-19(26-2)20(18)27-3)13-22-23-21(24)17-9-8-15-6-4-5-7-16(15)12-17/h4-13H,1-3H3,(H,23,24). The number of hydrogen-bond donors (Lipinski definition) is 1. The van der Waals surface area contributed by atoms with Gasteiger partial charge in [0, 0.05) is 11.1 Å². The van der Waals surface area contributed by atoms with Gasteiger partial charge < -0.3 is 14.2 Å². The van der Waals surface area contributed by atoms with Crippen molar-refractivity contribution in [1.82, 2.24) is 5.43 Å². The van der Waals surface area contributed by atoms with Gasteiger partial charge in [0.25, 0.3) is 5.91 Å². The van der Waals surface area contributed by atoms with Crippen molar-refractivity contribution in [3.63, 3.8) is 0 Å². The van der Waals surface area contributed by atoms with Crippen LogP contribution >= 0.6 is 0 Å². The van der Waals surface area contributed by atoms with E-state index in [1.807, 2.05) is 36.4 Å². The highest BCUT2D eigenvalue weighted by Gasteiger charge is 2.12.